The van der Waals surface area contributed by atoms with Crippen LogP contribution in [0.2, 0.25) is 5.02 Å². The van der Waals surface area contributed by atoms with E-state index in [1.54, 1.807) is 0 Å². The van der Waals surface area contributed by atoms with Crippen molar-refractivity contribution in [1.82, 2.24) is 4.98 Å². The molecule has 5 rings (SSSR count). The van der Waals surface area contributed by atoms with E-state index in [2.05, 4.69) is 43.4 Å². The van der Waals surface area contributed by atoms with Crippen LogP contribution in [0, 0.1) is 5.92 Å². The summed E-state index contributed by atoms with van der Waals surface area (Å²) >= 11 is 6.26. The van der Waals surface area contributed by atoms with Gasteiger partial charge in [-0.25, -0.2) is 4.98 Å². The first-order valence-electron chi connectivity index (χ1n) is 8.63. The fraction of sp³-hybridized carbons (Fsp3) is 0.286. The lowest BCUT2D eigenvalue weighted by Crippen LogP contribution is -2.46. The Bertz CT molecular complexity index is 998. The zero-order valence-corrected chi connectivity index (χ0v) is 15.0. The van der Waals surface area contributed by atoms with Gasteiger partial charge in [0.05, 0.1) is 18.2 Å². The highest BCUT2D eigenvalue weighted by Crippen LogP contribution is 2.52. The normalized spacial score (nSPS) is 23.0. The topological polar surface area (TPSA) is 34.2 Å². The van der Waals surface area contributed by atoms with Crippen LogP contribution in [0.4, 0.5) is 5.69 Å². The number of aromatic nitrogens is 1. The van der Waals surface area contributed by atoms with Crippen molar-refractivity contribution in [3.63, 3.8) is 0 Å². The second-order valence-electron chi connectivity index (χ2n) is 7.53. The first kappa shape index (κ1) is 15.0. The molecule has 1 N–H and O–H groups in total. The van der Waals surface area contributed by atoms with Crippen LogP contribution in [-0.2, 0) is 5.41 Å². The van der Waals surface area contributed by atoms with E-state index in [-0.39, 0.29) is 11.5 Å². The van der Waals surface area contributed by atoms with E-state index in [1.165, 1.54) is 5.56 Å². The van der Waals surface area contributed by atoms with Gasteiger partial charge < -0.3 is 10.1 Å². The second kappa shape index (κ2) is 5.12. The zero-order chi connectivity index (χ0) is 17.2. The minimum atomic E-state index is -0.0422. The third kappa shape index (κ3) is 2.15. The highest BCUT2D eigenvalue weighted by Gasteiger charge is 2.46. The van der Waals surface area contributed by atoms with Gasteiger partial charge in [-0.05, 0) is 35.9 Å². The average Bonchev–Trinajstić information content (AvgIpc) is 2.61. The van der Waals surface area contributed by atoms with E-state index in [0.717, 1.165) is 33.1 Å². The molecule has 0 amide bonds. The Kier molecular flexibility index (Phi) is 3.08. The summed E-state index contributed by atoms with van der Waals surface area (Å²) in [5, 5.41) is 5.64. The molecule has 0 spiro atoms. The molecule has 0 saturated carbocycles. The number of pyridine rings is 1. The molecule has 2 aliphatic rings. The molecular formula is C21H19ClN2O. The maximum atomic E-state index is 6.26. The van der Waals surface area contributed by atoms with Crippen LogP contribution in [-0.4, -0.2) is 11.6 Å². The summed E-state index contributed by atoms with van der Waals surface area (Å²) in [7, 11) is 0. The number of anilines is 1. The molecule has 0 fully saturated rings. The van der Waals surface area contributed by atoms with Gasteiger partial charge in [-0.1, -0.05) is 43.6 Å². The third-order valence-corrected chi connectivity index (χ3v) is 6.00. The van der Waals surface area contributed by atoms with Crippen molar-refractivity contribution in [2.45, 2.75) is 25.3 Å². The van der Waals surface area contributed by atoms with Gasteiger partial charge in [0.2, 0.25) is 5.88 Å². The molecule has 0 bridgehead atoms. The minimum absolute atomic E-state index is 0.0422. The Morgan fingerprint density at radius 2 is 2.00 bits per heavy atom. The summed E-state index contributed by atoms with van der Waals surface area (Å²) in [4.78, 5) is 4.74. The quantitative estimate of drug-likeness (QED) is 0.594. The predicted octanol–water partition coefficient (Wildman–Crippen LogP) is 5.34. The number of ether oxygens (including phenoxy) is 1. The van der Waals surface area contributed by atoms with E-state index >= 15 is 0 Å². The third-order valence-electron chi connectivity index (χ3n) is 5.77. The van der Waals surface area contributed by atoms with Gasteiger partial charge >= 0.3 is 0 Å². The Morgan fingerprint density at radius 1 is 1.16 bits per heavy atom. The van der Waals surface area contributed by atoms with Crippen molar-refractivity contribution in [3.8, 4) is 5.88 Å². The number of halogens is 1. The zero-order valence-electron chi connectivity index (χ0n) is 14.2. The molecule has 2 atom stereocenters. The van der Waals surface area contributed by atoms with E-state index < -0.39 is 0 Å². The van der Waals surface area contributed by atoms with Crippen LogP contribution in [0.5, 0.6) is 5.88 Å². The first-order valence-corrected chi connectivity index (χ1v) is 9.01. The van der Waals surface area contributed by atoms with Crippen molar-refractivity contribution < 1.29 is 4.74 Å². The van der Waals surface area contributed by atoms with Crippen LogP contribution in [0.1, 0.15) is 31.0 Å². The molecule has 2 aliphatic heterocycles. The summed E-state index contributed by atoms with van der Waals surface area (Å²) in [6.07, 6.45) is 0. The van der Waals surface area contributed by atoms with Crippen LogP contribution >= 0.6 is 11.6 Å². The number of nitrogens with one attached hydrogen (secondary N) is 1. The van der Waals surface area contributed by atoms with Crippen LogP contribution in [0.15, 0.2) is 48.5 Å². The van der Waals surface area contributed by atoms with E-state index in [4.69, 9.17) is 21.3 Å². The number of para-hydroxylation sites is 1. The van der Waals surface area contributed by atoms with Gasteiger partial charge in [0, 0.05) is 33.0 Å². The highest BCUT2D eigenvalue weighted by molar-refractivity contribution is 6.30. The Hall–Kier alpha value is -2.26. The fourth-order valence-electron chi connectivity index (χ4n) is 4.28. The molecule has 0 radical (unpaired) electrons. The molecule has 3 nitrogen and oxygen atoms in total. The fourth-order valence-corrected chi connectivity index (χ4v) is 4.45. The average molecular weight is 351 g/mol. The Balaban J connectivity index is 1.69. The largest absolute Gasteiger partial charge is 0.477 e. The molecule has 0 aliphatic carbocycles. The summed E-state index contributed by atoms with van der Waals surface area (Å²) in [5.74, 6) is 1.06. The Labute approximate surface area is 152 Å². The molecule has 2 aromatic carbocycles. The second-order valence-corrected chi connectivity index (χ2v) is 7.96. The standard InChI is InChI=1S/C21H19ClN2O/c1-21(2)15-10-13(22)7-8-18(15)23-19-14-9-12-5-3-4-6-17(12)24-20(14)25-11-16(19)21/h3-10,16,19,23H,11H2,1-2H3/t16-,19-/m1/s1. The molecule has 3 heterocycles. The maximum Gasteiger partial charge on any atom is 0.219 e. The lowest BCUT2D eigenvalue weighted by Gasteiger charge is -2.48. The number of fused-ring (bicyclic) bond motifs is 5. The van der Waals surface area contributed by atoms with Gasteiger partial charge in [0.1, 0.15) is 0 Å². The van der Waals surface area contributed by atoms with Gasteiger partial charge in [-0.2, -0.15) is 0 Å². The SMILES string of the molecule is CC1(C)c2cc(Cl)ccc2N[C@@H]2c3cc4ccccc4nc3OC[C@H]21. The van der Waals surface area contributed by atoms with Gasteiger partial charge in [-0.3, -0.25) is 0 Å². The van der Waals surface area contributed by atoms with Crippen molar-refractivity contribution in [1.29, 1.82) is 0 Å². The lowest BCUT2D eigenvalue weighted by atomic mass is 9.65. The molecule has 126 valence electrons. The van der Waals surface area contributed by atoms with Gasteiger partial charge in [-0.15, -0.1) is 0 Å². The number of benzene rings is 2. The lowest BCUT2D eigenvalue weighted by molar-refractivity contribution is 0.131. The molecule has 4 heteroatoms. The monoisotopic (exact) mass is 350 g/mol. The summed E-state index contributed by atoms with van der Waals surface area (Å²) in [6.45, 7) is 5.21. The van der Waals surface area contributed by atoms with Gasteiger partial charge in [0.15, 0.2) is 0 Å². The van der Waals surface area contributed by atoms with Crippen molar-refractivity contribution >= 4 is 28.2 Å². The van der Waals surface area contributed by atoms with E-state index in [9.17, 15) is 0 Å². The van der Waals surface area contributed by atoms with Crippen molar-refractivity contribution in [2.75, 3.05) is 11.9 Å². The summed E-state index contributed by atoms with van der Waals surface area (Å²) in [5.41, 5.74) is 4.48. The smallest absolute Gasteiger partial charge is 0.219 e. The number of hydrogen-bond donors (Lipinski definition) is 1. The maximum absolute atomic E-state index is 6.26. The highest BCUT2D eigenvalue weighted by atomic mass is 35.5. The first-order chi connectivity index (χ1) is 12.0. The van der Waals surface area contributed by atoms with E-state index in [1.807, 2.05) is 24.3 Å². The number of nitrogens with zero attached hydrogens (tertiary/aromatic N) is 1. The molecule has 1 aromatic heterocycles. The molecule has 25 heavy (non-hydrogen) atoms. The molecule has 3 aromatic rings. The number of hydrogen-bond acceptors (Lipinski definition) is 3. The van der Waals surface area contributed by atoms with Crippen molar-refractivity contribution in [3.05, 3.63) is 64.7 Å². The van der Waals surface area contributed by atoms with Crippen LogP contribution in [0.25, 0.3) is 10.9 Å². The van der Waals surface area contributed by atoms with Gasteiger partial charge in [0.25, 0.3) is 0 Å². The summed E-state index contributed by atoms with van der Waals surface area (Å²) in [6, 6.07) is 16.7. The molecular weight excluding hydrogens is 332 g/mol. The van der Waals surface area contributed by atoms with Crippen LogP contribution in [0.3, 0.4) is 0 Å². The van der Waals surface area contributed by atoms with Crippen molar-refractivity contribution in [2.24, 2.45) is 5.92 Å². The minimum Gasteiger partial charge on any atom is -0.477 e. The van der Waals surface area contributed by atoms with Crippen LogP contribution < -0.4 is 10.1 Å². The Morgan fingerprint density at radius 3 is 2.88 bits per heavy atom. The number of rotatable bonds is 0. The molecule has 0 saturated heterocycles. The molecule has 0 unspecified atom stereocenters. The predicted molar refractivity (Wildman–Crippen MR) is 102 cm³/mol. The summed E-state index contributed by atoms with van der Waals surface area (Å²) < 4.78 is 6.10. The van der Waals surface area contributed by atoms with E-state index in [0.29, 0.717) is 12.5 Å².